The Bertz CT molecular complexity index is 1300. The minimum absolute atomic E-state index is 0.0813. The summed E-state index contributed by atoms with van der Waals surface area (Å²) in [5.41, 5.74) is 5.28. The first kappa shape index (κ1) is 22.4. The molecule has 9 heteroatoms. The van der Waals surface area contributed by atoms with Crippen LogP contribution in [0.1, 0.15) is 47.8 Å². The van der Waals surface area contributed by atoms with Gasteiger partial charge in [0.2, 0.25) is 0 Å². The highest BCUT2D eigenvalue weighted by atomic mass is 35.5. The molecule has 2 unspecified atom stereocenters. The van der Waals surface area contributed by atoms with E-state index in [9.17, 15) is 5.11 Å². The third kappa shape index (κ3) is 4.03. The Kier molecular flexibility index (Phi) is 6.02. The van der Waals surface area contributed by atoms with E-state index in [1.165, 1.54) is 0 Å². The molecular weight excluding hydrogens is 452 g/mol. The summed E-state index contributed by atoms with van der Waals surface area (Å²) in [7, 11) is 3.47. The number of aryl methyl sites for hydroxylation is 1. The fraction of sp³-hybridized carbons (Fsp3) is 0.320. The van der Waals surface area contributed by atoms with Crippen LogP contribution in [0.2, 0.25) is 5.02 Å². The number of nitrogens with zero attached hydrogens (tertiary/aromatic N) is 6. The van der Waals surface area contributed by atoms with Crippen molar-refractivity contribution in [2.45, 2.75) is 38.5 Å². The number of fused-ring (bicyclic) bond motifs is 1. The topological polar surface area (TPSA) is 81.2 Å². The highest BCUT2D eigenvalue weighted by molar-refractivity contribution is 6.30. The van der Waals surface area contributed by atoms with Crippen molar-refractivity contribution in [1.29, 1.82) is 0 Å². The largest absolute Gasteiger partial charge is 0.494 e. The molecule has 0 spiro atoms. The monoisotopic (exact) mass is 478 g/mol. The average molecular weight is 479 g/mol. The summed E-state index contributed by atoms with van der Waals surface area (Å²) in [6.45, 7) is 1.94. The highest BCUT2D eigenvalue weighted by Gasteiger charge is 2.30. The molecule has 1 aliphatic rings. The second-order valence-corrected chi connectivity index (χ2v) is 9.03. The SMILES string of the molecule is COc1cc(N(C)C(O)c2nnn3c2CCCC3c2ccc(Cl)cc2)ccc1-n1cnc(C)c1. The molecule has 5 rings (SSSR count). The van der Waals surface area contributed by atoms with Gasteiger partial charge in [-0.05, 0) is 56.0 Å². The van der Waals surface area contributed by atoms with Crippen molar-refractivity contribution in [3.05, 3.63) is 82.7 Å². The zero-order chi connectivity index (χ0) is 23.8. The van der Waals surface area contributed by atoms with Gasteiger partial charge >= 0.3 is 0 Å². The Morgan fingerprint density at radius 1 is 1.21 bits per heavy atom. The maximum absolute atomic E-state index is 11.3. The molecule has 34 heavy (non-hydrogen) atoms. The van der Waals surface area contributed by atoms with Crippen LogP contribution in [0.3, 0.4) is 0 Å². The van der Waals surface area contributed by atoms with Crippen LogP contribution in [0.4, 0.5) is 5.69 Å². The van der Waals surface area contributed by atoms with Gasteiger partial charge in [-0.2, -0.15) is 0 Å². The molecule has 0 saturated carbocycles. The molecule has 0 bridgehead atoms. The maximum Gasteiger partial charge on any atom is 0.174 e. The predicted octanol–water partition coefficient (Wildman–Crippen LogP) is 4.49. The molecule has 0 amide bonds. The van der Waals surface area contributed by atoms with Gasteiger partial charge in [0.1, 0.15) is 11.4 Å². The molecule has 0 aliphatic carbocycles. The van der Waals surface area contributed by atoms with Gasteiger partial charge in [0.15, 0.2) is 6.23 Å². The molecule has 0 radical (unpaired) electrons. The van der Waals surface area contributed by atoms with Crippen molar-refractivity contribution in [1.82, 2.24) is 24.5 Å². The number of aromatic nitrogens is 5. The van der Waals surface area contributed by atoms with Crippen molar-refractivity contribution in [2.75, 3.05) is 19.1 Å². The number of aliphatic hydroxyl groups is 1. The van der Waals surface area contributed by atoms with Crippen molar-refractivity contribution in [3.63, 3.8) is 0 Å². The zero-order valence-corrected chi connectivity index (χ0v) is 20.1. The minimum Gasteiger partial charge on any atom is -0.494 e. The smallest absolute Gasteiger partial charge is 0.174 e. The van der Waals surface area contributed by atoms with Crippen LogP contribution in [0, 0.1) is 6.92 Å². The predicted molar refractivity (Wildman–Crippen MR) is 131 cm³/mol. The minimum atomic E-state index is -0.946. The normalized spacial score (nSPS) is 16.2. The summed E-state index contributed by atoms with van der Waals surface area (Å²) >= 11 is 6.07. The first-order valence-electron chi connectivity index (χ1n) is 11.3. The van der Waals surface area contributed by atoms with Crippen LogP contribution in [-0.4, -0.2) is 43.8 Å². The van der Waals surface area contributed by atoms with E-state index in [0.29, 0.717) is 16.5 Å². The van der Waals surface area contributed by atoms with E-state index >= 15 is 0 Å². The van der Waals surface area contributed by atoms with E-state index < -0.39 is 6.23 Å². The second kappa shape index (κ2) is 9.12. The van der Waals surface area contributed by atoms with Gasteiger partial charge in [-0.3, -0.25) is 0 Å². The number of benzene rings is 2. The number of imidazole rings is 1. The van der Waals surface area contributed by atoms with Gasteiger partial charge < -0.3 is 19.3 Å². The summed E-state index contributed by atoms with van der Waals surface area (Å²) in [4.78, 5) is 6.07. The molecule has 1 N–H and O–H groups in total. The number of hydrogen-bond donors (Lipinski definition) is 1. The van der Waals surface area contributed by atoms with Crippen molar-refractivity contribution in [2.24, 2.45) is 0 Å². The molecular formula is C25H27ClN6O2. The second-order valence-electron chi connectivity index (χ2n) is 8.59. The number of halogens is 1. The standard InChI is InChI=1S/C25H27ClN6O2/c1-16-14-31(15-27-16)21-12-11-19(13-23(21)34-3)30(2)25(33)24-22-6-4-5-20(32(22)29-28-24)17-7-9-18(26)10-8-17/h7-15,20,25,33H,4-6H2,1-3H3. The number of aliphatic hydroxyl groups excluding tert-OH is 1. The first-order chi connectivity index (χ1) is 16.5. The zero-order valence-electron chi connectivity index (χ0n) is 19.4. The Balaban J connectivity index is 1.43. The van der Waals surface area contributed by atoms with E-state index in [4.69, 9.17) is 16.3 Å². The fourth-order valence-corrected chi connectivity index (χ4v) is 4.70. The molecule has 4 aromatic rings. The van der Waals surface area contributed by atoms with E-state index in [1.807, 2.05) is 71.9 Å². The maximum atomic E-state index is 11.3. The van der Waals surface area contributed by atoms with Crippen LogP contribution < -0.4 is 9.64 Å². The lowest BCUT2D eigenvalue weighted by Gasteiger charge is -2.28. The molecule has 3 heterocycles. The van der Waals surface area contributed by atoms with E-state index in [-0.39, 0.29) is 6.04 Å². The molecule has 1 aliphatic heterocycles. The molecule has 8 nitrogen and oxygen atoms in total. The molecule has 176 valence electrons. The van der Waals surface area contributed by atoms with Gasteiger partial charge in [0.25, 0.3) is 0 Å². The van der Waals surface area contributed by atoms with Gasteiger partial charge in [-0.1, -0.05) is 28.9 Å². The van der Waals surface area contributed by atoms with Gasteiger partial charge in [-0.15, -0.1) is 5.10 Å². The van der Waals surface area contributed by atoms with Crippen LogP contribution in [-0.2, 0) is 6.42 Å². The third-order valence-electron chi connectivity index (χ3n) is 6.43. The first-order valence-corrected chi connectivity index (χ1v) is 11.6. The number of hydrogen-bond acceptors (Lipinski definition) is 6. The summed E-state index contributed by atoms with van der Waals surface area (Å²) in [5.74, 6) is 0.682. The van der Waals surface area contributed by atoms with Gasteiger partial charge in [-0.25, -0.2) is 9.67 Å². The Morgan fingerprint density at radius 2 is 2.00 bits per heavy atom. The molecule has 0 fully saturated rings. The number of ether oxygens (including phenoxy) is 1. The van der Waals surface area contributed by atoms with Crippen LogP contribution in [0.25, 0.3) is 5.69 Å². The summed E-state index contributed by atoms with van der Waals surface area (Å²) in [6, 6.07) is 13.7. The van der Waals surface area contributed by atoms with Crippen LogP contribution in [0.5, 0.6) is 5.75 Å². The average Bonchev–Trinajstić information content (AvgIpc) is 3.49. The lowest BCUT2D eigenvalue weighted by molar-refractivity contribution is 0.172. The Hall–Kier alpha value is -3.36. The number of anilines is 1. The van der Waals surface area contributed by atoms with Gasteiger partial charge in [0.05, 0.1) is 36.6 Å². The molecule has 2 atom stereocenters. The lowest BCUT2D eigenvalue weighted by Crippen LogP contribution is -2.27. The Labute approximate surface area is 203 Å². The molecule has 2 aromatic heterocycles. The van der Waals surface area contributed by atoms with E-state index in [1.54, 1.807) is 18.3 Å². The number of methoxy groups -OCH3 is 1. The summed E-state index contributed by atoms with van der Waals surface area (Å²) < 4.78 is 9.50. The molecule has 0 saturated heterocycles. The van der Waals surface area contributed by atoms with Crippen molar-refractivity contribution < 1.29 is 9.84 Å². The number of rotatable bonds is 6. The third-order valence-corrected chi connectivity index (χ3v) is 6.69. The summed E-state index contributed by atoms with van der Waals surface area (Å²) in [5, 5.41) is 20.8. The highest BCUT2D eigenvalue weighted by Crippen LogP contribution is 2.35. The van der Waals surface area contributed by atoms with E-state index in [0.717, 1.165) is 47.6 Å². The Morgan fingerprint density at radius 3 is 2.71 bits per heavy atom. The van der Waals surface area contributed by atoms with E-state index in [2.05, 4.69) is 15.3 Å². The van der Waals surface area contributed by atoms with Crippen LogP contribution in [0.15, 0.2) is 55.0 Å². The van der Waals surface area contributed by atoms with Crippen molar-refractivity contribution in [3.8, 4) is 11.4 Å². The van der Waals surface area contributed by atoms with Crippen molar-refractivity contribution >= 4 is 17.3 Å². The quantitative estimate of drug-likeness (QED) is 0.411. The fourth-order valence-electron chi connectivity index (χ4n) is 4.57. The lowest BCUT2D eigenvalue weighted by atomic mass is 9.95. The molecule has 2 aromatic carbocycles. The van der Waals surface area contributed by atoms with Gasteiger partial charge in [0, 0.05) is 30.0 Å². The summed E-state index contributed by atoms with van der Waals surface area (Å²) in [6.07, 6.45) is 5.53. The van der Waals surface area contributed by atoms with Crippen LogP contribution >= 0.6 is 11.6 Å².